The Balaban J connectivity index is 2.12. The number of fused-ring (bicyclic) bond motifs is 1. The molecule has 3 heterocycles. The number of ether oxygens (including phenoxy) is 1. The Hall–Kier alpha value is -2.45. The maximum atomic E-state index is 12.2. The second-order valence-electron chi connectivity index (χ2n) is 5.33. The van der Waals surface area contributed by atoms with Crippen molar-refractivity contribution in [2.24, 2.45) is 0 Å². The minimum atomic E-state index is -0.859. The van der Waals surface area contributed by atoms with Gasteiger partial charge in [-0.2, -0.15) is 10.1 Å². The molecule has 2 aromatic heterocycles. The first-order chi connectivity index (χ1) is 11.5. The quantitative estimate of drug-likeness (QED) is 0.406. The van der Waals surface area contributed by atoms with Gasteiger partial charge in [-0.15, -0.1) is 0 Å². The topological polar surface area (TPSA) is 160 Å². The van der Waals surface area contributed by atoms with Gasteiger partial charge in [0, 0.05) is 12.8 Å². The average molecular weight is 335 g/mol. The van der Waals surface area contributed by atoms with Gasteiger partial charge >= 0.3 is 0 Å². The van der Waals surface area contributed by atoms with Gasteiger partial charge in [0.1, 0.15) is 11.5 Å². The van der Waals surface area contributed by atoms with Gasteiger partial charge in [-0.25, -0.2) is 4.68 Å². The molecule has 10 heteroatoms. The summed E-state index contributed by atoms with van der Waals surface area (Å²) in [5.41, 5.74) is 5.46. The van der Waals surface area contributed by atoms with Crippen molar-refractivity contribution >= 4 is 17.0 Å². The maximum absolute atomic E-state index is 12.2. The number of hydrogen-bond donors (Lipinski definition) is 5. The van der Waals surface area contributed by atoms with E-state index >= 15 is 0 Å². The zero-order valence-corrected chi connectivity index (χ0v) is 12.6. The molecule has 24 heavy (non-hydrogen) atoms. The number of anilines is 1. The average Bonchev–Trinajstić information content (AvgIpc) is 3.08. The molecule has 0 aliphatic carbocycles. The van der Waals surface area contributed by atoms with E-state index in [-0.39, 0.29) is 48.7 Å². The zero-order valence-electron chi connectivity index (χ0n) is 12.6. The Bertz CT molecular complexity index is 864. The van der Waals surface area contributed by atoms with Crippen LogP contribution in [0.3, 0.4) is 0 Å². The molecule has 1 aliphatic heterocycles. The third kappa shape index (κ3) is 2.85. The normalized spacial score (nSPS) is 23.4. The van der Waals surface area contributed by atoms with Crippen molar-refractivity contribution in [3.63, 3.8) is 0 Å². The first-order valence-corrected chi connectivity index (χ1v) is 7.37. The molecular weight excluding hydrogens is 318 g/mol. The van der Waals surface area contributed by atoms with E-state index in [2.05, 4.69) is 26.9 Å². The van der Waals surface area contributed by atoms with Crippen LogP contribution in [0.4, 0.5) is 5.95 Å². The number of aliphatic hydroxyl groups is 3. The number of nitrogens with two attached hydrogens (primary N) is 1. The summed E-state index contributed by atoms with van der Waals surface area (Å²) in [6, 6.07) is 0. The fraction of sp³-hybridized carbons (Fsp3) is 0.500. The molecule has 128 valence electrons. The Labute approximate surface area is 135 Å². The summed E-state index contributed by atoms with van der Waals surface area (Å²) in [6.07, 6.45) is -1.89. The highest BCUT2D eigenvalue weighted by molar-refractivity contribution is 5.81. The van der Waals surface area contributed by atoms with E-state index in [1.807, 2.05) is 0 Å². The predicted molar refractivity (Wildman–Crippen MR) is 82.8 cm³/mol. The van der Waals surface area contributed by atoms with Crippen LogP contribution in [0.25, 0.3) is 11.0 Å². The van der Waals surface area contributed by atoms with Crippen LogP contribution < -0.4 is 11.3 Å². The summed E-state index contributed by atoms with van der Waals surface area (Å²) >= 11 is 0. The van der Waals surface area contributed by atoms with Gasteiger partial charge in [0.2, 0.25) is 5.95 Å². The highest BCUT2D eigenvalue weighted by atomic mass is 16.5. The monoisotopic (exact) mass is 335 g/mol. The molecule has 1 aliphatic rings. The van der Waals surface area contributed by atoms with E-state index in [0.717, 1.165) is 0 Å². The highest BCUT2D eigenvalue weighted by Crippen LogP contribution is 2.30. The van der Waals surface area contributed by atoms with E-state index < -0.39 is 24.0 Å². The Morgan fingerprint density at radius 3 is 2.92 bits per heavy atom. The lowest BCUT2D eigenvalue weighted by Crippen LogP contribution is -2.24. The number of aliphatic hydroxyl groups excluding tert-OH is 3. The zero-order chi connectivity index (χ0) is 17.3. The SMILES string of the molecule is Nc1nc2c(c(C#CCCO)nn2[C@H]2C[C@H](O)[C@@H](CO)O2)c(=O)[nH]1. The maximum Gasteiger partial charge on any atom is 0.264 e. The number of rotatable bonds is 3. The van der Waals surface area contributed by atoms with Crippen LogP contribution in [-0.4, -0.2) is 60.5 Å². The third-order valence-corrected chi connectivity index (χ3v) is 3.68. The molecule has 1 saturated heterocycles. The second kappa shape index (κ2) is 6.58. The second-order valence-corrected chi connectivity index (χ2v) is 5.33. The molecule has 3 rings (SSSR count). The molecule has 0 radical (unpaired) electrons. The Morgan fingerprint density at radius 2 is 2.25 bits per heavy atom. The molecule has 0 bridgehead atoms. The molecule has 0 unspecified atom stereocenters. The van der Waals surface area contributed by atoms with Crippen molar-refractivity contribution in [1.29, 1.82) is 0 Å². The number of nitrogens with zero attached hydrogens (tertiary/aromatic N) is 3. The van der Waals surface area contributed by atoms with Gasteiger partial charge in [-0.3, -0.25) is 9.78 Å². The first kappa shape index (κ1) is 16.4. The van der Waals surface area contributed by atoms with Crippen molar-refractivity contribution in [3.05, 3.63) is 16.0 Å². The lowest BCUT2D eigenvalue weighted by Gasteiger charge is -2.12. The van der Waals surface area contributed by atoms with E-state index in [1.165, 1.54) is 4.68 Å². The lowest BCUT2D eigenvalue weighted by atomic mass is 10.2. The van der Waals surface area contributed by atoms with Crippen molar-refractivity contribution in [2.45, 2.75) is 31.3 Å². The fourth-order valence-electron chi connectivity index (χ4n) is 2.58. The van der Waals surface area contributed by atoms with Crippen LogP contribution >= 0.6 is 0 Å². The van der Waals surface area contributed by atoms with Crippen LogP contribution in [0.15, 0.2) is 4.79 Å². The minimum Gasteiger partial charge on any atom is -0.395 e. The third-order valence-electron chi connectivity index (χ3n) is 3.68. The van der Waals surface area contributed by atoms with Crippen LogP contribution in [-0.2, 0) is 4.74 Å². The number of aromatic nitrogens is 4. The molecule has 10 nitrogen and oxygen atoms in total. The van der Waals surface area contributed by atoms with Gasteiger partial charge in [-0.05, 0) is 5.92 Å². The number of hydrogen-bond acceptors (Lipinski definition) is 8. The minimum absolute atomic E-state index is 0.0826. The van der Waals surface area contributed by atoms with E-state index in [4.69, 9.17) is 15.6 Å². The van der Waals surface area contributed by atoms with Crippen molar-refractivity contribution in [1.82, 2.24) is 19.7 Å². The Kier molecular flexibility index (Phi) is 4.50. The predicted octanol–water partition coefficient (Wildman–Crippen LogP) is -1.92. The van der Waals surface area contributed by atoms with Gasteiger partial charge in [0.05, 0.1) is 19.3 Å². The Morgan fingerprint density at radius 1 is 1.46 bits per heavy atom. The highest BCUT2D eigenvalue weighted by Gasteiger charge is 2.36. The van der Waals surface area contributed by atoms with Crippen molar-refractivity contribution in [3.8, 4) is 11.8 Å². The molecule has 0 saturated carbocycles. The smallest absolute Gasteiger partial charge is 0.264 e. The van der Waals surface area contributed by atoms with Crippen LogP contribution in [0.1, 0.15) is 24.8 Å². The van der Waals surface area contributed by atoms with Crippen LogP contribution in [0.2, 0.25) is 0 Å². The summed E-state index contributed by atoms with van der Waals surface area (Å²) in [6.45, 7) is -0.445. The van der Waals surface area contributed by atoms with E-state index in [9.17, 15) is 15.0 Å². The fourth-order valence-corrected chi connectivity index (χ4v) is 2.58. The van der Waals surface area contributed by atoms with E-state index in [0.29, 0.717) is 0 Å². The molecule has 1 fully saturated rings. The van der Waals surface area contributed by atoms with Crippen LogP contribution in [0.5, 0.6) is 0 Å². The molecule has 0 spiro atoms. The number of nitrogens with one attached hydrogen (secondary N) is 1. The number of nitrogen functional groups attached to an aromatic ring is 1. The van der Waals surface area contributed by atoms with Crippen molar-refractivity contribution < 1.29 is 20.1 Å². The largest absolute Gasteiger partial charge is 0.395 e. The lowest BCUT2D eigenvalue weighted by molar-refractivity contribution is -0.0470. The number of H-pyrrole nitrogens is 1. The summed E-state index contributed by atoms with van der Waals surface area (Å²) in [7, 11) is 0. The van der Waals surface area contributed by atoms with Gasteiger partial charge in [0.25, 0.3) is 5.56 Å². The van der Waals surface area contributed by atoms with Crippen molar-refractivity contribution in [2.75, 3.05) is 18.9 Å². The molecule has 2 aromatic rings. The van der Waals surface area contributed by atoms with Gasteiger partial charge in [0.15, 0.2) is 17.6 Å². The van der Waals surface area contributed by atoms with Crippen LogP contribution in [0, 0.1) is 11.8 Å². The first-order valence-electron chi connectivity index (χ1n) is 7.37. The summed E-state index contributed by atoms with van der Waals surface area (Å²) in [4.78, 5) is 18.7. The molecule has 0 aromatic carbocycles. The summed E-state index contributed by atoms with van der Waals surface area (Å²) in [5.74, 6) is 5.34. The molecular formula is C14H17N5O5. The van der Waals surface area contributed by atoms with Gasteiger partial charge < -0.3 is 25.8 Å². The van der Waals surface area contributed by atoms with E-state index in [1.54, 1.807) is 0 Å². The number of aromatic amines is 1. The molecule has 0 amide bonds. The summed E-state index contributed by atoms with van der Waals surface area (Å²) in [5, 5.41) is 32.3. The standard InChI is InChI=1S/C14H17N5O5/c15-14-16-12-11(13(23)17-14)7(3-1-2-4-20)18-19(12)10-5-8(22)9(6-21)24-10/h8-10,20-22H,2,4-6H2,(H3,15,16,17,23)/t8-,9+,10+/m0/s1. The summed E-state index contributed by atoms with van der Waals surface area (Å²) < 4.78 is 6.89. The van der Waals surface area contributed by atoms with Gasteiger partial charge in [-0.1, -0.05) is 5.92 Å². The molecule has 6 N–H and O–H groups in total. The molecule has 3 atom stereocenters.